The monoisotopic (exact) mass is 997 g/mol. The highest BCUT2D eigenvalue weighted by atomic mass is 32.2. The van der Waals surface area contributed by atoms with Crippen LogP contribution in [0.1, 0.15) is 101 Å². The van der Waals surface area contributed by atoms with E-state index in [0.717, 1.165) is 5.69 Å². The second-order valence-electron chi connectivity index (χ2n) is 24.5. The lowest BCUT2D eigenvalue weighted by atomic mass is 9.34. The molecule has 10 aromatic rings. The van der Waals surface area contributed by atoms with E-state index < -0.39 is 5.41 Å². The fourth-order valence-corrected chi connectivity index (χ4v) is 13.8. The topological polar surface area (TPSA) is 3.24 Å². The van der Waals surface area contributed by atoms with Crippen molar-refractivity contribution in [3.05, 3.63) is 263 Å². The van der Waals surface area contributed by atoms with Crippen LogP contribution >= 0.6 is 11.8 Å². The largest absolute Gasteiger partial charge is 0.311 e. The molecule has 0 bridgehead atoms. The van der Waals surface area contributed by atoms with Crippen molar-refractivity contribution < 1.29 is 0 Å². The van der Waals surface area contributed by atoms with Crippen LogP contribution in [0.15, 0.2) is 234 Å². The molecule has 0 atom stereocenters. The van der Waals surface area contributed by atoms with Gasteiger partial charge in [0.15, 0.2) is 0 Å². The van der Waals surface area contributed by atoms with Crippen LogP contribution in [0.3, 0.4) is 0 Å². The van der Waals surface area contributed by atoms with Crippen molar-refractivity contribution in [1.29, 1.82) is 0 Å². The molecule has 3 aliphatic rings. The number of rotatable bonds is 6. The first-order valence-corrected chi connectivity index (χ1v) is 28.0. The molecule has 0 saturated heterocycles. The Bertz CT molecular complexity index is 3820. The predicted octanol–water partition coefficient (Wildman–Crippen LogP) is 17.7. The highest BCUT2D eigenvalue weighted by Crippen LogP contribution is 2.58. The van der Waals surface area contributed by atoms with Gasteiger partial charge in [0.1, 0.15) is 0 Å². The standard InChI is InChI=1S/C73H64BNS/c1-70(2,3)53-33-23-47(24-34-53)48-29-39-58(40-30-48)75-65-41-31-51(49-25-35-54(36-26-49)71(4,5)6)43-63(65)74-64-44-52(50-27-37-55(38-28-50)72(7,8)9)32-42-67(64)76-68-46-57(45-66(75)69(68)74)73(56-17-11-10-12-18-56)61-21-15-13-19-59(61)60-20-14-16-22-62(60)73/h10-46H,1-9H3. The molecular formula is C73H64BNS. The van der Waals surface area contributed by atoms with Crippen LogP contribution in [0.4, 0.5) is 17.1 Å². The maximum absolute atomic E-state index is 2.60. The molecule has 3 heteroatoms. The number of benzene rings is 10. The normalized spacial score (nSPS) is 14.1. The lowest BCUT2D eigenvalue weighted by Crippen LogP contribution is -2.60. The van der Waals surface area contributed by atoms with Crippen molar-refractivity contribution in [3.63, 3.8) is 0 Å². The van der Waals surface area contributed by atoms with Gasteiger partial charge in [0.2, 0.25) is 6.71 Å². The number of hydrogen-bond acceptors (Lipinski definition) is 2. The van der Waals surface area contributed by atoms with Crippen molar-refractivity contribution in [1.82, 2.24) is 0 Å². The summed E-state index contributed by atoms with van der Waals surface area (Å²) in [5.74, 6) is 0. The van der Waals surface area contributed by atoms with Crippen LogP contribution in [0.2, 0.25) is 0 Å². The van der Waals surface area contributed by atoms with Gasteiger partial charge < -0.3 is 4.90 Å². The maximum Gasteiger partial charge on any atom is 0.249 e. The first-order chi connectivity index (χ1) is 36.6. The molecule has 1 nitrogen and oxygen atoms in total. The zero-order chi connectivity index (χ0) is 52.3. The summed E-state index contributed by atoms with van der Waals surface area (Å²) in [4.78, 5) is 5.20. The van der Waals surface area contributed by atoms with E-state index in [0.29, 0.717) is 0 Å². The molecule has 2 aliphatic heterocycles. The Balaban J connectivity index is 1.07. The van der Waals surface area contributed by atoms with Crippen LogP contribution in [0, 0.1) is 0 Å². The molecule has 13 rings (SSSR count). The van der Waals surface area contributed by atoms with Crippen LogP contribution in [0.5, 0.6) is 0 Å². The third-order valence-electron chi connectivity index (χ3n) is 16.7. The Hall–Kier alpha value is -7.59. The minimum absolute atomic E-state index is 0.0272. The van der Waals surface area contributed by atoms with E-state index in [9.17, 15) is 0 Å². The lowest BCUT2D eigenvalue weighted by molar-refractivity contribution is 0.590. The Labute approximate surface area is 455 Å². The molecule has 10 aromatic carbocycles. The van der Waals surface area contributed by atoms with E-state index >= 15 is 0 Å². The third-order valence-corrected chi connectivity index (χ3v) is 17.9. The summed E-state index contributed by atoms with van der Waals surface area (Å²) in [5.41, 5.74) is 26.4. The summed E-state index contributed by atoms with van der Waals surface area (Å²) in [6.07, 6.45) is 0. The molecule has 0 amide bonds. The molecule has 370 valence electrons. The molecule has 2 heterocycles. The van der Waals surface area contributed by atoms with Crippen LogP contribution in [-0.4, -0.2) is 6.71 Å². The molecule has 1 aliphatic carbocycles. The summed E-state index contributed by atoms with van der Waals surface area (Å²) in [7, 11) is 0. The van der Waals surface area contributed by atoms with Gasteiger partial charge in [0.25, 0.3) is 0 Å². The van der Waals surface area contributed by atoms with E-state index in [1.165, 1.54) is 121 Å². The smallest absolute Gasteiger partial charge is 0.249 e. The van der Waals surface area contributed by atoms with Crippen molar-refractivity contribution in [2.75, 3.05) is 4.90 Å². The maximum atomic E-state index is 2.60. The summed E-state index contributed by atoms with van der Waals surface area (Å²) in [6, 6.07) is 86.4. The Morgan fingerprint density at radius 3 is 1.30 bits per heavy atom. The molecule has 0 aromatic heterocycles. The summed E-state index contributed by atoms with van der Waals surface area (Å²) < 4.78 is 0. The summed E-state index contributed by atoms with van der Waals surface area (Å²) >= 11 is 1.94. The van der Waals surface area contributed by atoms with Gasteiger partial charge in [0, 0.05) is 26.9 Å². The number of hydrogen-bond donors (Lipinski definition) is 0. The third kappa shape index (κ3) is 7.84. The van der Waals surface area contributed by atoms with Gasteiger partial charge >= 0.3 is 0 Å². The van der Waals surface area contributed by atoms with Gasteiger partial charge in [-0.1, -0.05) is 268 Å². The molecule has 0 N–H and O–H groups in total. The first-order valence-electron chi connectivity index (χ1n) is 27.2. The Morgan fingerprint density at radius 2 is 0.789 bits per heavy atom. The van der Waals surface area contributed by atoms with Crippen molar-refractivity contribution in [2.24, 2.45) is 0 Å². The number of nitrogens with zero attached hydrogens (tertiary/aromatic N) is 1. The highest BCUT2D eigenvalue weighted by Gasteiger charge is 2.49. The first kappa shape index (κ1) is 48.1. The van der Waals surface area contributed by atoms with Gasteiger partial charge in [-0.3, -0.25) is 0 Å². The number of anilines is 3. The van der Waals surface area contributed by atoms with Gasteiger partial charge in [0.05, 0.1) is 5.41 Å². The lowest BCUT2D eigenvalue weighted by Gasteiger charge is -2.42. The summed E-state index contributed by atoms with van der Waals surface area (Å²) in [6.45, 7) is 20.6. The summed E-state index contributed by atoms with van der Waals surface area (Å²) in [5, 5.41) is 0. The van der Waals surface area contributed by atoms with Crippen LogP contribution < -0.4 is 21.3 Å². The molecule has 0 saturated carbocycles. The predicted molar refractivity (Wildman–Crippen MR) is 326 cm³/mol. The highest BCUT2D eigenvalue weighted by molar-refractivity contribution is 8.00. The average Bonchev–Trinajstić information content (AvgIpc) is 3.96. The molecule has 0 spiro atoms. The van der Waals surface area contributed by atoms with Gasteiger partial charge in [-0.05, 0) is 147 Å². The molecule has 76 heavy (non-hydrogen) atoms. The zero-order valence-electron chi connectivity index (χ0n) is 45.3. The fourth-order valence-electron chi connectivity index (χ4n) is 12.6. The minimum Gasteiger partial charge on any atom is -0.311 e. The van der Waals surface area contributed by atoms with Crippen LogP contribution in [0.25, 0.3) is 44.5 Å². The Kier molecular flexibility index (Phi) is 11.2. The second-order valence-corrected chi connectivity index (χ2v) is 25.6. The molecular weight excluding hydrogens is 934 g/mol. The van der Waals surface area contributed by atoms with E-state index in [2.05, 4.69) is 292 Å². The van der Waals surface area contributed by atoms with Crippen molar-refractivity contribution in [2.45, 2.75) is 93.8 Å². The SMILES string of the molecule is CC(C)(C)c1ccc(-c2ccc(N3c4ccc(-c5ccc(C(C)(C)C)cc5)cc4B4c5cc(-c6ccc(C(C)(C)C)cc6)ccc5Sc5cc(C6(c7ccccc7)c7ccccc7-c7ccccc76)cc3c54)cc2)cc1. The van der Waals surface area contributed by atoms with Crippen molar-refractivity contribution >= 4 is 51.9 Å². The quantitative estimate of drug-likeness (QED) is 0.153. The molecule has 0 radical (unpaired) electrons. The van der Waals surface area contributed by atoms with Gasteiger partial charge in [-0.2, -0.15) is 0 Å². The van der Waals surface area contributed by atoms with E-state index in [1.807, 2.05) is 11.8 Å². The minimum atomic E-state index is -0.572. The Morgan fingerprint density at radius 1 is 0.355 bits per heavy atom. The fraction of sp³-hybridized carbons (Fsp3) is 0.178. The van der Waals surface area contributed by atoms with Crippen molar-refractivity contribution in [3.8, 4) is 44.5 Å². The molecule has 0 fully saturated rings. The van der Waals surface area contributed by atoms with E-state index in [4.69, 9.17) is 0 Å². The van der Waals surface area contributed by atoms with E-state index in [-0.39, 0.29) is 23.0 Å². The molecule has 0 unspecified atom stereocenters. The second kappa shape index (κ2) is 17.8. The van der Waals surface area contributed by atoms with E-state index in [1.54, 1.807) is 0 Å². The van der Waals surface area contributed by atoms with Gasteiger partial charge in [-0.15, -0.1) is 0 Å². The zero-order valence-corrected chi connectivity index (χ0v) is 46.1. The number of fused-ring (bicyclic) bond motifs is 7. The average molecular weight is 998 g/mol. The van der Waals surface area contributed by atoms with Crippen LogP contribution in [-0.2, 0) is 21.7 Å². The van der Waals surface area contributed by atoms with Gasteiger partial charge in [-0.25, -0.2) is 0 Å².